The topological polar surface area (TPSA) is 6.48 Å². The Labute approximate surface area is 112 Å². The molecule has 0 amide bonds. The SMILES string of the molecule is CC1=CC(C(F)(F)F)=C(CN2CCN(C)CC2)CC1. The van der Waals surface area contributed by atoms with Crippen molar-refractivity contribution in [1.29, 1.82) is 0 Å². The first-order valence-corrected chi connectivity index (χ1v) is 6.73. The Morgan fingerprint density at radius 2 is 1.74 bits per heavy atom. The van der Waals surface area contributed by atoms with Crippen LogP contribution in [0.1, 0.15) is 19.8 Å². The molecule has 0 atom stereocenters. The van der Waals surface area contributed by atoms with Crippen molar-refractivity contribution in [3.8, 4) is 0 Å². The molecule has 1 fully saturated rings. The lowest BCUT2D eigenvalue weighted by molar-refractivity contribution is -0.0897. The zero-order chi connectivity index (χ0) is 14.0. The molecule has 19 heavy (non-hydrogen) atoms. The summed E-state index contributed by atoms with van der Waals surface area (Å²) >= 11 is 0. The van der Waals surface area contributed by atoms with Crippen LogP contribution in [0.5, 0.6) is 0 Å². The summed E-state index contributed by atoms with van der Waals surface area (Å²) in [6.07, 6.45) is -1.59. The normalized spacial score (nSPS) is 23.7. The summed E-state index contributed by atoms with van der Waals surface area (Å²) in [5, 5.41) is 0. The molecule has 1 aliphatic heterocycles. The molecule has 0 unspecified atom stereocenters. The monoisotopic (exact) mass is 274 g/mol. The molecule has 0 saturated carbocycles. The Kier molecular flexibility index (Phi) is 4.36. The summed E-state index contributed by atoms with van der Waals surface area (Å²) in [4.78, 5) is 4.34. The number of rotatable bonds is 2. The molecule has 108 valence electrons. The van der Waals surface area contributed by atoms with Crippen LogP contribution >= 0.6 is 0 Å². The highest BCUT2D eigenvalue weighted by atomic mass is 19.4. The molecule has 1 aliphatic carbocycles. The number of hydrogen-bond donors (Lipinski definition) is 0. The van der Waals surface area contributed by atoms with Crippen LogP contribution in [0.15, 0.2) is 22.8 Å². The van der Waals surface area contributed by atoms with Gasteiger partial charge in [0, 0.05) is 32.7 Å². The molecule has 2 rings (SSSR count). The second-order valence-corrected chi connectivity index (χ2v) is 5.59. The van der Waals surface area contributed by atoms with Gasteiger partial charge in [-0.2, -0.15) is 13.2 Å². The van der Waals surface area contributed by atoms with Crippen molar-refractivity contribution >= 4 is 0 Å². The van der Waals surface area contributed by atoms with E-state index in [1.165, 1.54) is 6.08 Å². The molecule has 0 aromatic carbocycles. The molecule has 1 heterocycles. The van der Waals surface area contributed by atoms with Gasteiger partial charge in [-0.1, -0.05) is 11.6 Å². The molecule has 0 aromatic rings. The third-order valence-corrected chi connectivity index (χ3v) is 3.91. The zero-order valence-corrected chi connectivity index (χ0v) is 11.6. The van der Waals surface area contributed by atoms with Crippen molar-refractivity contribution in [3.63, 3.8) is 0 Å². The van der Waals surface area contributed by atoms with Crippen LogP contribution in [0.25, 0.3) is 0 Å². The Bertz CT molecular complexity index is 388. The molecule has 2 aliphatic rings. The van der Waals surface area contributed by atoms with Crippen LogP contribution in [-0.4, -0.2) is 55.7 Å². The largest absolute Gasteiger partial charge is 0.416 e. The molecule has 2 nitrogen and oxygen atoms in total. The quantitative estimate of drug-likeness (QED) is 0.764. The fourth-order valence-electron chi connectivity index (χ4n) is 2.63. The van der Waals surface area contributed by atoms with Gasteiger partial charge in [0.25, 0.3) is 0 Å². The van der Waals surface area contributed by atoms with Gasteiger partial charge < -0.3 is 4.90 Å². The van der Waals surface area contributed by atoms with Crippen LogP contribution < -0.4 is 0 Å². The molecule has 5 heteroatoms. The van der Waals surface area contributed by atoms with Gasteiger partial charge in [0.1, 0.15) is 0 Å². The van der Waals surface area contributed by atoms with Gasteiger partial charge in [-0.15, -0.1) is 0 Å². The van der Waals surface area contributed by atoms with Gasteiger partial charge in [0.15, 0.2) is 0 Å². The first-order valence-electron chi connectivity index (χ1n) is 6.73. The summed E-state index contributed by atoms with van der Waals surface area (Å²) in [6, 6.07) is 0. The van der Waals surface area contributed by atoms with Gasteiger partial charge in [0.2, 0.25) is 0 Å². The summed E-state index contributed by atoms with van der Waals surface area (Å²) in [7, 11) is 2.05. The van der Waals surface area contributed by atoms with Gasteiger partial charge in [-0.3, -0.25) is 4.90 Å². The average molecular weight is 274 g/mol. The van der Waals surface area contributed by atoms with Crippen LogP contribution in [0.2, 0.25) is 0 Å². The van der Waals surface area contributed by atoms with Gasteiger partial charge in [-0.05, 0) is 32.4 Å². The number of alkyl halides is 3. The average Bonchev–Trinajstić information content (AvgIpc) is 2.33. The molecule has 0 radical (unpaired) electrons. The molecular formula is C14H21F3N2. The van der Waals surface area contributed by atoms with Gasteiger partial charge >= 0.3 is 6.18 Å². The Morgan fingerprint density at radius 1 is 1.11 bits per heavy atom. The smallest absolute Gasteiger partial charge is 0.304 e. The van der Waals surface area contributed by atoms with Crippen molar-refractivity contribution in [2.75, 3.05) is 39.8 Å². The number of piperazine rings is 1. The van der Waals surface area contributed by atoms with Crippen molar-refractivity contribution in [1.82, 2.24) is 9.80 Å². The summed E-state index contributed by atoms with van der Waals surface area (Å²) in [5.41, 5.74) is 0.979. The standard InChI is InChI=1S/C14H21F3N2/c1-11-3-4-12(13(9-11)14(15,16)17)10-19-7-5-18(2)6-8-19/h9H,3-8,10H2,1-2H3. The van der Waals surface area contributed by atoms with E-state index in [-0.39, 0.29) is 0 Å². The van der Waals surface area contributed by atoms with Gasteiger partial charge in [0.05, 0.1) is 5.57 Å². The molecule has 1 saturated heterocycles. The fourth-order valence-corrected chi connectivity index (χ4v) is 2.63. The van der Waals surface area contributed by atoms with Crippen molar-refractivity contribution in [2.45, 2.75) is 25.9 Å². The van der Waals surface area contributed by atoms with Crippen LogP contribution in [0, 0.1) is 0 Å². The maximum absolute atomic E-state index is 13.1. The summed E-state index contributed by atoms with van der Waals surface area (Å²) in [6.45, 7) is 5.82. The number of allylic oxidation sites excluding steroid dienone is 3. The van der Waals surface area contributed by atoms with Crippen LogP contribution in [0.3, 0.4) is 0 Å². The highest BCUT2D eigenvalue weighted by Crippen LogP contribution is 2.36. The third kappa shape index (κ3) is 3.83. The van der Waals surface area contributed by atoms with Crippen molar-refractivity contribution < 1.29 is 13.2 Å². The highest BCUT2D eigenvalue weighted by Gasteiger charge is 2.36. The van der Waals surface area contributed by atoms with Crippen molar-refractivity contribution in [3.05, 3.63) is 22.8 Å². The maximum atomic E-state index is 13.1. The van der Waals surface area contributed by atoms with E-state index in [2.05, 4.69) is 9.80 Å². The number of halogens is 3. The second-order valence-electron chi connectivity index (χ2n) is 5.59. The minimum atomic E-state index is -4.22. The van der Waals surface area contributed by atoms with E-state index in [1.54, 1.807) is 6.92 Å². The van der Waals surface area contributed by atoms with E-state index in [9.17, 15) is 13.2 Å². The molecule has 0 N–H and O–H groups in total. The summed E-state index contributed by atoms with van der Waals surface area (Å²) in [5.74, 6) is 0. The Hall–Kier alpha value is -0.810. The number of likely N-dealkylation sites (N-methyl/N-ethyl adjacent to an activating group) is 1. The lowest BCUT2D eigenvalue weighted by Gasteiger charge is -2.34. The first-order chi connectivity index (χ1) is 8.86. The minimum absolute atomic E-state index is 0.407. The molecule has 0 aromatic heterocycles. The van der Waals surface area contributed by atoms with E-state index >= 15 is 0 Å². The lowest BCUT2D eigenvalue weighted by atomic mass is 9.92. The van der Waals surface area contributed by atoms with Gasteiger partial charge in [-0.25, -0.2) is 0 Å². The lowest BCUT2D eigenvalue weighted by Crippen LogP contribution is -2.45. The minimum Gasteiger partial charge on any atom is -0.304 e. The predicted octanol–water partition coefficient (Wildman–Crippen LogP) is 2.83. The molecular weight excluding hydrogens is 253 g/mol. The van der Waals surface area contributed by atoms with Crippen molar-refractivity contribution in [2.24, 2.45) is 0 Å². The van der Waals surface area contributed by atoms with E-state index in [4.69, 9.17) is 0 Å². The molecule has 0 spiro atoms. The van der Waals surface area contributed by atoms with E-state index in [0.717, 1.165) is 38.2 Å². The second kappa shape index (κ2) is 5.67. The third-order valence-electron chi connectivity index (χ3n) is 3.91. The Balaban J connectivity index is 2.11. The fraction of sp³-hybridized carbons (Fsp3) is 0.714. The van der Waals surface area contributed by atoms with E-state index in [0.29, 0.717) is 18.5 Å². The van der Waals surface area contributed by atoms with E-state index < -0.39 is 11.7 Å². The van der Waals surface area contributed by atoms with E-state index in [1.807, 2.05) is 7.05 Å². The number of nitrogens with zero attached hydrogens (tertiary/aromatic N) is 2. The molecule has 0 bridgehead atoms. The summed E-state index contributed by atoms with van der Waals surface area (Å²) < 4.78 is 39.2. The number of hydrogen-bond acceptors (Lipinski definition) is 2. The predicted molar refractivity (Wildman–Crippen MR) is 70.0 cm³/mol. The zero-order valence-electron chi connectivity index (χ0n) is 11.6. The van der Waals surface area contributed by atoms with Crippen LogP contribution in [0.4, 0.5) is 13.2 Å². The Morgan fingerprint density at radius 3 is 2.32 bits per heavy atom. The first kappa shape index (κ1) is 14.6. The maximum Gasteiger partial charge on any atom is 0.416 e. The highest BCUT2D eigenvalue weighted by molar-refractivity contribution is 5.37. The van der Waals surface area contributed by atoms with Crippen LogP contribution in [-0.2, 0) is 0 Å².